The van der Waals surface area contributed by atoms with Gasteiger partial charge in [-0.1, -0.05) is 65.7 Å². The first kappa shape index (κ1) is 21.7. The van der Waals surface area contributed by atoms with E-state index < -0.39 is 5.72 Å². The van der Waals surface area contributed by atoms with E-state index >= 15 is 0 Å². The molecule has 2 fully saturated rings. The van der Waals surface area contributed by atoms with Crippen molar-refractivity contribution in [3.05, 3.63) is 93.6 Å². The lowest BCUT2D eigenvalue weighted by molar-refractivity contribution is -0.139. The minimum atomic E-state index is -0.971. The van der Waals surface area contributed by atoms with E-state index in [0.29, 0.717) is 28.8 Å². The molecule has 4 nitrogen and oxygen atoms in total. The summed E-state index contributed by atoms with van der Waals surface area (Å²) in [5.74, 6) is 0.770. The van der Waals surface area contributed by atoms with Gasteiger partial charge in [0, 0.05) is 33.8 Å². The predicted octanol–water partition coefficient (Wildman–Crippen LogP) is 6.22. The molecule has 3 heterocycles. The van der Waals surface area contributed by atoms with Crippen LogP contribution in [0.15, 0.2) is 66.7 Å². The Labute approximate surface area is 198 Å². The second-order valence-corrected chi connectivity index (χ2v) is 9.58. The zero-order valence-corrected chi connectivity index (χ0v) is 19.4. The van der Waals surface area contributed by atoms with E-state index in [9.17, 15) is 5.11 Å². The Bertz CT molecular complexity index is 1080. The van der Waals surface area contributed by atoms with E-state index in [2.05, 4.69) is 9.88 Å². The maximum absolute atomic E-state index is 12.0. The first-order valence-corrected chi connectivity index (χ1v) is 11.8. The fourth-order valence-corrected chi connectivity index (χ4v) is 6.04. The van der Waals surface area contributed by atoms with Crippen molar-refractivity contribution in [1.29, 1.82) is 0 Å². The van der Waals surface area contributed by atoms with Crippen molar-refractivity contribution >= 4 is 23.2 Å². The summed E-state index contributed by atoms with van der Waals surface area (Å²) in [6.07, 6.45) is 3.15. The lowest BCUT2D eigenvalue weighted by Gasteiger charge is -2.48. The van der Waals surface area contributed by atoms with Crippen molar-refractivity contribution < 1.29 is 9.84 Å². The third-order valence-corrected chi connectivity index (χ3v) is 7.62. The van der Waals surface area contributed by atoms with Crippen LogP contribution in [0.5, 0.6) is 5.88 Å². The molecule has 3 atom stereocenters. The lowest BCUT2D eigenvalue weighted by Crippen LogP contribution is -2.54. The summed E-state index contributed by atoms with van der Waals surface area (Å²) in [5.41, 5.74) is 1.93. The molecular formula is C26H26Cl2N2O2. The molecule has 0 radical (unpaired) electrons. The quantitative estimate of drug-likeness (QED) is 0.482. The van der Waals surface area contributed by atoms with Gasteiger partial charge in [0.05, 0.1) is 13.2 Å². The van der Waals surface area contributed by atoms with E-state index in [0.717, 1.165) is 29.7 Å². The largest absolute Gasteiger partial charge is 0.481 e. The monoisotopic (exact) mass is 468 g/mol. The molecule has 2 aliphatic rings. The molecule has 2 bridgehead atoms. The van der Waals surface area contributed by atoms with Gasteiger partial charge in [-0.3, -0.25) is 4.90 Å². The second-order valence-electron chi connectivity index (χ2n) is 8.77. The fraction of sp³-hybridized carbons (Fsp3) is 0.346. The maximum Gasteiger partial charge on any atom is 0.213 e. The van der Waals surface area contributed by atoms with E-state index in [-0.39, 0.29) is 18.0 Å². The Morgan fingerprint density at radius 2 is 1.66 bits per heavy atom. The Balaban J connectivity index is 1.56. The average molecular weight is 469 g/mol. The van der Waals surface area contributed by atoms with Crippen LogP contribution in [-0.4, -0.2) is 33.9 Å². The van der Waals surface area contributed by atoms with Crippen molar-refractivity contribution in [3.63, 3.8) is 0 Å². The number of aliphatic hydroxyl groups is 1. The lowest BCUT2D eigenvalue weighted by atomic mass is 9.83. The predicted molar refractivity (Wildman–Crippen MR) is 127 cm³/mol. The molecule has 3 unspecified atom stereocenters. The molecule has 6 heteroatoms. The molecule has 1 aromatic heterocycles. The summed E-state index contributed by atoms with van der Waals surface area (Å²) in [6, 6.07) is 21.5. The summed E-state index contributed by atoms with van der Waals surface area (Å²) in [4.78, 5) is 6.92. The third kappa shape index (κ3) is 3.80. The number of benzene rings is 2. The fourth-order valence-electron chi connectivity index (χ4n) is 5.56. The number of aromatic nitrogens is 1. The van der Waals surface area contributed by atoms with E-state index in [1.165, 1.54) is 0 Å². The van der Waals surface area contributed by atoms with Crippen molar-refractivity contribution in [2.45, 2.75) is 49.4 Å². The van der Waals surface area contributed by atoms with Crippen LogP contribution in [0.1, 0.15) is 54.5 Å². The Kier molecular flexibility index (Phi) is 5.89. The number of halogens is 2. The van der Waals surface area contributed by atoms with Crippen LogP contribution in [0.2, 0.25) is 10.0 Å². The summed E-state index contributed by atoms with van der Waals surface area (Å²) in [7, 11) is 1.63. The van der Waals surface area contributed by atoms with Gasteiger partial charge in [0.2, 0.25) is 5.88 Å². The first-order valence-electron chi connectivity index (χ1n) is 11.0. The molecule has 2 saturated heterocycles. The Morgan fingerprint density at radius 1 is 1.00 bits per heavy atom. The summed E-state index contributed by atoms with van der Waals surface area (Å²) in [5, 5.41) is 13.4. The van der Waals surface area contributed by atoms with Gasteiger partial charge in [-0.25, -0.2) is 4.98 Å². The number of methoxy groups -OCH3 is 1. The minimum Gasteiger partial charge on any atom is -0.481 e. The molecule has 1 N–H and O–H groups in total. The molecule has 166 valence electrons. The number of pyridine rings is 1. The summed E-state index contributed by atoms with van der Waals surface area (Å²) in [6.45, 7) is 0. The topological polar surface area (TPSA) is 45.6 Å². The molecule has 32 heavy (non-hydrogen) atoms. The van der Waals surface area contributed by atoms with Crippen LogP contribution in [0.25, 0.3) is 0 Å². The molecule has 0 aliphatic carbocycles. The maximum atomic E-state index is 12.0. The van der Waals surface area contributed by atoms with Crippen molar-refractivity contribution in [2.75, 3.05) is 7.11 Å². The highest BCUT2D eigenvalue weighted by Gasteiger charge is 2.54. The first-order chi connectivity index (χ1) is 15.5. The molecule has 0 saturated carbocycles. The third-order valence-electron chi connectivity index (χ3n) is 6.93. The van der Waals surface area contributed by atoms with Gasteiger partial charge in [0.1, 0.15) is 5.72 Å². The molecule has 0 spiro atoms. The van der Waals surface area contributed by atoms with Crippen molar-refractivity contribution in [1.82, 2.24) is 9.88 Å². The van der Waals surface area contributed by atoms with Crippen molar-refractivity contribution in [3.8, 4) is 5.88 Å². The molecule has 2 aromatic carbocycles. The number of rotatable bonds is 5. The number of fused-ring (bicyclic) bond motifs is 2. The number of hydrogen-bond acceptors (Lipinski definition) is 4. The average Bonchev–Trinajstić information content (AvgIpc) is 3.00. The van der Waals surface area contributed by atoms with Crippen LogP contribution in [0, 0.1) is 0 Å². The van der Waals surface area contributed by atoms with Gasteiger partial charge < -0.3 is 9.84 Å². The van der Waals surface area contributed by atoms with Gasteiger partial charge in [-0.05, 0) is 55.0 Å². The van der Waals surface area contributed by atoms with Crippen LogP contribution >= 0.6 is 23.2 Å². The van der Waals surface area contributed by atoms with Gasteiger partial charge in [0.15, 0.2) is 0 Å². The molecule has 5 rings (SSSR count). The van der Waals surface area contributed by atoms with E-state index in [1.807, 2.05) is 66.7 Å². The van der Waals surface area contributed by atoms with Gasteiger partial charge in [-0.2, -0.15) is 0 Å². The summed E-state index contributed by atoms with van der Waals surface area (Å²) >= 11 is 13.4. The zero-order valence-electron chi connectivity index (χ0n) is 17.9. The van der Waals surface area contributed by atoms with Crippen molar-refractivity contribution in [2.24, 2.45) is 0 Å². The highest BCUT2D eigenvalue weighted by Crippen LogP contribution is 2.54. The van der Waals surface area contributed by atoms with E-state index in [1.54, 1.807) is 7.11 Å². The number of nitrogens with zero attached hydrogens (tertiary/aromatic N) is 2. The van der Waals surface area contributed by atoms with Crippen LogP contribution < -0.4 is 4.74 Å². The van der Waals surface area contributed by atoms with Gasteiger partial charge in [0.25, 0.3) is 0 Å². The van der Waals surface area contributed by atoms with E-state index in [4.69, 9.17) is 27.9 Å². The second kappa shape index (κ2) is 8.68. The highest BCUT2D eigenvalue weighted by molar-refractivity contribution is 6.32. The molecule has 2 aliphatic heterocycles. The molecule has 0 amide bonds. The standard InChI is InChI=1S/C26H26Cl2N2O2/c1-32-24-12-6-11-23(29-24)17-15-18-13-14-26(31,16-17)30(18)25(19-7-2-4-9-21(19)27)20-8-3-5-10-22(20)28/h2-12,17-18,25,31H,13-16H2,1H3. The Morgan fingerprint density at radius 3 is 2.25 bits per heavy atom. The smallest absolute Gasteiger partial charge is 0.213 e. The molecule has 3 aromatic rings. The molecular weight excluding hydrogens is 443 g/mol. The highest BCUT2D eigenvalue weighted by atomic mass is 35.5. The number of piperidine rings is 1. The van der Waals surface area contributed by atoms with Crippen LogP contribution in [0.4, 0.5) is 0 Å². The SMILES string of the molecule is COc1cccc(C2CC3CCC(O)(C2)N3C(c2ccccc2Cl)c2ccccc2Cl)n1. The summed E-state index contributed by atoms with van der Waals surface area (Å²) < 4.78 is 5.33. The van der Waals surface area contributed by atoms with Gasteiger partial charge in [-0.15, -0.1) is 0 Å². The normalized spacial score (nSPS) is 25.3. The number of ether oxygens (including phenoxy) is 1. The van der Waals surface area contributed by atoms with Crippen LogP contribution in [-0.2, 0) is 0 Å². The number of hydrogen-bond donors (Lipinski definition) is 1. The van der Waals surface area contributed by atoms with Gasteiger partial charge >= 0.3 is 0 Å². The Hall–Kier alpha value is -2.11. The van der Waals surface area contributed by atoms with Crippen LogP contribution in [0.3, 0.4) is 0 Å². The zero-order chi connectivity index (χ0) is 22.3. The minimum absolute atomic E-state index is 0.164.